The molecule has 2 atom stereocenters. The van der Waals surface area contributed by atoms with Crippen LogP contribution in [0.15, 0.2) is 48.7 Å². The third kappa shape index (κ3) is 6.08. The number of benzene rings is 2. The van der Waals surface area contributed by atoms with E-state index >= 15 is 0 Å². The van der Waals surface area contributed by atoms with E-state index in [-0.39, 0.29) is 24.4 Å². The second-order valence-electron chi connectivity index (χ2n) is 9.23. The summed E-state index contributed by atoms with van der Waals surface area (Å²) in [6.45, 7) is 2.58. The van der Waals surface area contributed by atoms with Crippen molar-refractivity contribution in [3.63, 3.8) is 0 Å². The number of H-pyrrole nitrogens is 1. The highest BCUT2D eigenvalue weighted by Gasteiger charge is 2.31. The van der Waals surface area contributed by atoms with Gasteiger partial charge >= 0.3 is 0 Å². The lowest BCUT2D eigenvalue weighted by atomic mass is 10.0. The van der Waals surface area contributed by atoms with Gasteiger partial charge in [-0.15, -0.1) is 0 Å². The Morgan fingerprint density at radius 2 is 1.69 bits per heavy atom. The molecule has 1 saturated heterocycles. The molecule has 190 valence electrons. The zero-order valence-corrected chi connectivity index (χ0v) is 20.2. The molecule has 1 aromatic heterocycles. The van der Waals surface area contributed by atoms with Crippen LogP contribution in [0.2, 0.25) is 0 Å². The molecule has 3 aromatic rings. The molecule has 4 rings (SSSR count). The summed E-state index contributed by atoms with van der Waals surface area (Å²) in [6.07, 6.45) is 5.01. The van der Waals surface area contributed by atoms with Crippen molar-refractivity contribution >= 4 is 28.6 Å². The van der Waals surface area contributed by atoms with Crippen LogP contribution in [0.25, 0.3) is 10.9 Å². The molecule has 36 heavy (non-hydrogen) atoms. The lowest BCUT2D eigenvalue weighted by Crippen LogP contribution is -2.53. The Morgan fingerprint density at radius 1 is 1.00 bits per heavy atom. The highest BCUT2D eigenvalue weighted by molar-refractivity contribution is 6.01. The average Bonchev–Trinajstić information content (AvgIpc) is 3.28. The molecule has 0 saturated carbocycles. The minimum absolute atomic E-state index is 0.128. The van der Waals surface area contributed by atoms with Crippen molar-refractivity contribution in [2.75, 3.05) is 13.1 Å². The number of nitrogens with zero attached hydrogens (tertiary/aromatic N) is 1. The molecule has 2 heterocycles. The van der Waals surface area contributed by atoms with Crippen molar-refractivity contribution in [2.24, 2.45) is 5.92 Å². The van der Waals surface area contributed by atoms with E-state index in [1.807, 2.05) is 30.5 Å². The van der Waals surface area contributed by atoms with Crippen molar-refractivity contribution in [1.29, 1.82) is 0 Å². The van der Waals surface area contributed by atoms with E-state index in [0.29, 0.717) is 13.1 Å². The fourth-order valence-electron chi connectivity index (χ4n) is 4.53. The molecule has 0 bridgehead atoms. The number of aromatic nitrogens is 1. The lowest BCUT2D eigenvalue weighted by Gasteiger charge is -2.31. The molecular formula is C27H30F2N4O3. The number of para-hydroxylation sites is 1. The smallest absolute Gasteiger partial charge is 0.245 e. The summed E-state index contributed by atoms with van der Waals surface area (Å²) in [5.41, 5.74) is 2.07. The number of hydrogen-bond acceptors (Lipinski definition) is 3. The number of carbonyl (C=O) groups is 3. The van der Waals surface area contributed by atoms with Gasteiger partial charge in [0.2, 0.25) is 17.7 Å². The topological polar surface area (TPSA) is 94.3 Å². The van der Waals surface area contributed by atoms with Gasteiger partial charge in [-0.3, -0.25) is 14.4 Å². The Hall–Kier alpha value is -3.75. The number of hydrogen-bond donors (Lipinski definition) is 3. The summed E-state index contributed by atoms with van der Waals surface area (Å²) < 4.78 is 26.8. The zero-order chi connectivity index (χ0) is 25.7. The molecule has 3 N–H and O–H groups in total. The Labute approximate surface area is 208 Å². The first-order valence-electron chi connectivity index (χ1n) is 12.2. The van der Waals surface area contributed by atoms with Crippen LogP contribution < -0.4 is 10.6 Å². The quantitative estimate of drug-likeness (QED) is 0.417. The first kappa shape index (κ1) is 25.3. The van der Waals surface area contributed by atoms with Crippen molar-refractivity contribution in [1.82, 2.24) is 20.5 Å². The van der Waals surface area contributed by atoms with Gasteiger partial charge in [-0.1, -0.05) is 18.2 Å². The van der Waals surface area contributed by atoms with Crippen molar-refractivity contribution in [3.05, 3.63) is 71.4 Å². The van der Waals surface area contributed by atoms with Gasteiger partial charge in [0.1, 0.15) is 23.6 Å². The van der Waals surface area contributed by atoms with E-state index < -0.39 is 35.4 Å². The standard InChI is InChI=1S/C27H30F2N4O3/c1-17(25(34)31-15-18-11-20(28)14-21(29)12-18)26(35)32-24(27(36)33-9-5-2-6-10-33)13-19-16-30-23-8-4-3-7-22(19)23/h3-4,7-8,11-12,14,16-17,24,30H,2,5-6,9-10,13,15H2,1H3,(H,31,34)(H,32,35). The van der Waals surface area contributed by atoms with Gasteiger partial charge in [-0.05, 0) is 55.5 Å². The summed E-state index contributed by atoms with van der Waals surface area (Å²) in [4.78, 5) is 44.0. The lowest BCUT2D eigenvalue weighted by molar-refractivity contribution is -0.140. The summed E-state index contributed by atoms with van der Waals surface area (Å²) >= 11 is 0. The van der Waals surface area contributed by atoms with Gasteiger partial charge in [0.15, 0.2) is 0 Å². The molecule has 0 spiro atoms. The average molecular weight is 497 g/mol. The summed E-state index contributed by atoms with van der Waals surface area (Å²) in [7, 11) is 0. The van der Waals surface area contributed by atoms with Gasteiger partial charge in [0.25, 0.3) is 0 Å². The minimum Gasteiger partial charge on any atom is -0.361 e. The fraction of sp³-hybridized carbons (Fsp3) is 0.370. The highest BCUT2D eigenvalue weighted by Crippen LogP contribution is 2.21. The van der Waals surface area contributed by atoms with Crippen molar-refractivity contribution in [3.8, 4) is 0 Å². The molecule has 7 nitrogen and oxygen atoms in total. The Balaban J connectivity index is 1.45. The Kier molecular flexibility index (Phi) is 7.97. The number of halogens is 2. The Morgan fingerprint density at radius 3 is 2.42 bits per heavy atom. The van der Waals surface area contributed by atoms with Crippen LogP contribution in [0.1, 0.15) is 37.3 Å². The normalized spacial score (nSPS) is 15.4. The second-order valence-corrected chi connectivity index (χ2v) is 9.23. The number of aromatic amines is 1. The number of likely N-dealkylation sites (tertiary alicyclic amines) is 1. The first-order valence-corrected chi connectivity index (χ1v) is 12.2. The fourth-order valence-corrected chi connectivity index (χ4v) is 4.53. The molecule has 0 aliphatic carbocycles. The first-order chi connectivity index (χ1) is 17.3. The van der Waals surface area contributed by atoms with Crippen LogP contribution in [0.3, 0.4) is 0 Å². The molecule has 1 fully saturated rings. The SMILES string of the molecule is CC(C(=O)NCc1cc(F)cc(F)c1)C(=O)NC(Cc1c[nH]c2ccccc12)C(=O)N1CCCCC1. The van der Waals surface area contributed by atoms with Crippen LogP contribution in [0.4, 0.5) is 8.78 Å². The third-order valence-corrected chi connectivity index (χ3v) is 6.56. The van der Waals surface area contributed by atoms with Crippen LogP contribution in [0.5, 0.6) is 0 Å². The van der Waals surface area contributed by atoms with E-state index in [9.17, 15) is 23.2 Å². The van der Waals surface area contributed by atoms with Crippen molar-refractivity contribution < 1.29 is 23.2 Å². The van der Waals surface area contributed by atoms with E-state index in [0.717, 1.165) is 53.9 Å². The third-order valence-electron chi connectivity index (χ3n) is 6.56. The molecular weight excluding hydrogens is 466 g/mol. The van der Waals surface area contributed by atoms with E-state index in [1.165, 1.54) is 6.92 Å². The summed E-state index contributed by atoms with van der Waals surface area (Å²) in [5.74, 6) is -3.97. The number of amides is 3. The predicted octanol–water partition coefficient (Wildman–Crippen LogP) is 3.44. The van der Waals surface area contributed by atoms with Gasteiger partial charge in [0, 0.05) is 49.2 Å². The monoisotopic (exact) mass is 496 g/mol. The second kappa shape index (κ2) is 11.3. The predicted molar refractivity (Wildman–Crippen MR) is 132 cm³/mol. The largest absolute Gasteiger partial charge is 0.361 e. The maximum Gasteiger partial charge on any atom is 0.245 e. The summed E-state index contributed by atoms with van der Waals surface area (Å²) in [6, 6.07) is 9.87. The van der Waals surface area contributed by atoms with Gasteiger partial charge in [-0.25, -0.2) is 8.78 Å². The van der Waals surface area contributed by atoms with Gasteiger partial charge in [-0.2, -0.15) is 0 Å². The number of piperidine rings is 1. The summed E-state index contributed by atoms with van der Waals surface area (Å²) in [5, 5.41) is 6.29. The molecule has 1 aliphatic heterocycles. The van der Waals surface area contributed by atoms with Crippen LogP contribution in [-0.2, 0) is 27.3 Å². The molecule has 3 amide bonds. The Bertz CT molecular complexity index is 1230. The molecule has 1 aliphatic rings. The van der Waals surface area contributed by atoms with Gasteiger partial charge < -0.3 is 20.5 Å². The van der Waals surface area contributed by atoms with Gasteiger partial charge in [0.05, 0.1) is 0 Å². The molecule has 2 aromatic carbocycles. The molecule has 0 radical (unpaired) electrons. The highest BCUT2D eigenvalue weighted by atomic mass is 19.1. The number of carbonyl (C=O) groups excluding carboxylic acids is 3. The van der Waals surface area contributed by atoms with Crippen LogP contribution in [-0.4, -0.2) is 46.7 Å². The van der Waals surface area contributed by atoms with Crippen molar-refractivity contribution in [2.45, 2.75) is 45.2 Å². The van der Waals surface area contributed by atoms with Crippen LogP contribution in [0, 0.1) is 17.6 Å². The van der Waals surface area contributed by atoms with Crippen LogP contribution >= 0.6 is 0 Å². The minimum atomic E-state index is -1.11. The zero-order valence-electron chi connectivity index (χ0n) is 20.2. The van der Waals surface area contributed by atoms with E-state index in [4.69, 9.17) is 0 Å². The van der Waals surface area contributed by atoms with E-state index in [2.05, 4.69) is 15.6 Å². The number of fused-ring (bicyclic) bond motifs is 1. The van der Waals surface area contributed by atoms with E-state index in [1.54, 1.807) is 4.90 Å². The number of nitrogens with one attached hydrogen (secondary N) is 3. The maximum atomic E-state index is 13.4. The maximum absolute atomic E-state index is 13.4. The molecule has 9 heteroatoms. The number of rotatable bonds is 8. The molecule has 2 unspecified atom stereocenters.